The van der Waals surface area contributed by atoms with Gasteiger partial charge >= 0.3 is 5.69 Å². The number of anilines is 1. The van der Waals surface area contributed by atoms with Crippen molar-refractivity contribution in [2.45, 2.75) is 26.2 Å². The molecule has 1 aromatic carbocycles. The molecule has 0 saturated carbocycles. The van der Waals surface area contributed by atoms with Gasteiger partial charge in [0.15, 0.2) is 11.2 Å². The van der Waals surface area contributed by atoms with Gasteiger partial charge in [-0.05, 0) is 23.1 Å². The van der Waals surface area contributed by atoms with E-state index < -0.39 is 11.2 Å². The number of hydrogen-bond acceptors (Lipinski definition) is 6. The lowest BCUT2D eigenvalue weighted by molar-refractivity contribution is 0.473. The van der Waals surface area contributed by atoms with Crippen molar-refractivity contribution in [3.05, 3.63) is 50.2 Å². The van der Waals surface area contributed by atoms with E-state index >= 15 is 0 Å². The third-order valence-corrected chi connectivity index (χ3v) is 4.74. The second kappa shape index (κ2) is 6.66. The number of nitrogens with zero attached hydrogens (tertiary/aromatic N) is 5. The van der Waals surface area contributed by atoms with Gasteiger partial charge in [0.2, 0.25) is 5.95 Å². The number of nitrogens with one attached hydrogen (secondary N) is 1. The first kappa shape index (κ1) is 19.4. The van der Waals surface area contributed by atoms with Gasteiger partial charge in [-0.3, -0.25) is 13.9 Å². The maximum Gasteiger partial charge on any atom is 0.332 e. The van der Waals surface area contributed by atoms with Crippen LogP contribution in [-0.4, -0.2) is 30.0 Å². The number of aromatic nitrogens is 4. The molecule has 0 atom stereocenters. The lowest BCUT2D eigenvalue weighted by Crippen LogP contribution is -2.37. The van der Waals surface area contributed by atoms with Crippen LogP contribution in [0.2, 0.25) is 0 Å². The van der Waals surface area contributed by atoms with Crippen LogP contribution in [-0.2, 0) is 26.6 Å². The van der Waals surface area contributed by atoms with Crippen LogP contribution in [0.1, 0.15) is 31.9 Å². The second-order valence-electron chi connectivity index (χ2n) is 7.77. The van der Waals surface area contributed by atoms with Crippen molar-refractivity contribution < 1.29 is 5.11 Å². The van der Waals surface area contributed by atoms with E-state index in [9.17, 15) is 14.7 Å². The molecular weight excluding hydrogens is 360 g/mol. The van der Waals surface area contributed by atoms with Crippen LogP contribution < -0.4 is 16.7 Å². The fraction of sp³-hybridized carbons (Fsp3) is 0.368. The van der Waals surface area contributed by atoms with Crippen LogP contribution in [0.15, 0.2) is 32.9 Å². The number of benzene rings is 1. The van der Waals surface area contributed by atoms with Crippen molar-refractivity contribution in [1.29, 1.82) is 0 Å². The molecule has 0 aliphatic rings. The molecule has 9 nitrogen and oxygen atoms in total. The van der Waals surface area contributed by atoms with E-state index in [0.717, 1.165) is 10.1 Å². The van der Waals surface area contributed by atoms with Crippen molar-refractivity contribution in [2.24, 2.45) is 26.2 Å². The molecule has 148 valence electrons. The molecule has 28 heavy (non-hydrogen) atoms. The fourth-order valence-electron chi connectivity index (χ4n) is 2.90. The Morgan fingerprint density at radius 2 is 1.79 bits per heavy atom. The first-order chi connectivity index (χ1) is 13.0. The van der Waals surface area contributed by atoms with E-state index in [1.165, 1.54) is 17.8 Å². The number of phenolic OH excluding ortho intramolecular Hbond substituents is 1. The average Bonchev–Trinajstić information content (AvgIpc) is 2.95. The van der Waals surface area contributed by atoms with Crippen molar-refractivity contribution >= 4 is 23.3 Å². The monoisotopic (exact) mass is 384 g/mol. The summed E-state index contributed by atoms with van der Waals surface area (Å²) in [5, 5.41) is 14.2. The Morgan fingerprint density at radius 1 is 1.11 bits per heavy atom. The van der Waals surface area contributed by atoms with E-state index in [1.807, 2.05) is 12.1 Å². The average molecular weight is 384 g/mol. The molecule has 2 heterocycles. The summed E-state index contributed by atoms with van der Waals surface area (Å²) in [5.41, 5.74) is 4.01. The van der Waals surface area contributed by atoms with Crippen LogP contribution >= 0.6 is 0 Å². The standard InChI is InChI=1S/C19H24N6O3/c1-19(2,3)12-7-8-13(26)11(9-12)10-20-22-17-21-15-14(23(17)4)16(27)25(6)18(28)24(15)5/h7-10,26H,1-6H3,(H,21,22). The summed E-state index contributed by atoms with van der Waals surface area (Å²) in [4.78, 5) is 28.8. The predicted molar refractivity (Wildman–Crippen MR) is 109 cm³/mol. The van der Waals surface area contributed by atoms with Gasteiger partial charge in [-0.2, -0.15) is 10.1 Å². The molecule has 2 N–H and O–H groups in total. The lowest BCUT2D eigenvalue weighted by atomic mass is 9.86. The zero-order valence-corrected chi connectivity index (χ0v) is 16.8. The first-order valence-corrected chi connectivity index (χ1v) is 8.77. The molecule has 0 unspecified atom stereocenters. The molecule has 0 spiro atoms. The van der Waals surface area contributed by atoms with E-state index in [4.69, 9.17) is 0 Å². The third-order valence-electron chi connectivity index (χ3n) is 4.74. The summed E-state index contributed by atoms with van der Waals surface area (Å²) in [5.74, 6) is 0.413. The Bertz CT molecular complexity index is 1210. The number of rotatable bonds is 3. The number of phenols is 1. The molecule has 3 aromatic rings. The molecule has 0 bridgehead atoms. The van der Waals surface area contributed by atoms with Crippen LogP contribution in [0.25, 0.3) is 11.2 Å². The van der Waals surface area contributed by atoms with E-state index in [0.29, 0.717) is 17.0 Å². The quantitative estimate of drug-likeness (QED) is 0.525. The maximum atomic E-state index is 12.4. The highest BCUT2D eigenvalue weighted by Gasteiger charge is 2.17. The molecule has 0 aliphatic heterocycles. The Labute approximate surface area is 161 Å². The zero-order valence-electron chi connectivity index (χ0n) is 16.8. The van der Waals surface area contributed by atoms with E-state index in [-0.39, 0.29) is 16.8 Å². The summed E-state index contributed by atoms with van der Waals surface area (Å²) in [6.07, 6.45) is 1.49. The normalized spacial score (nSPS) is 12.2. The largest absolute Gasteiger partial charge is 0.507 e. The Balaban J connectivity index is 1.98. The van der Waals surface area contributed by atoms with E-state index in [1.54, 1.807) is 24.7 Å². The summed E-state index contributed by atoms with van der Waals surface area (Å²) in [6.45, 7) is 6.26. The number of aryl methyl sites for hydroxylation is 2. The number of aromatic hydroxyl groups is 1. The van der Waals surface area contributed by atoms with Crippen molar-refractivity contribution in [1.82, 2.24) is 18.7 Å². The number of fused-ring (bicyclic) bond motifs is 1. The number of hydrazone groups is 1. The molecule has 0 aliphatic carbocycles. The number of imidazole rings is 1. The van der Waals surface area contributed by atoms with Crippen LogP contribution in [0.4, 0.5) is 5.95 Å². The third kappa shape index (κ3) is 3.19. The Kier molecular flexibility index (Phi) is 4.62. The van der Waals surface area contributed by atoms with Gasteiger partial charge in [-0.1, -0.05) is 26.8 Å². The molecule has 0 saturated heterocycles. The predicted octanol–water partition coefficient (Wildman–Crippen LogP) is 1.42. The summed E-state index contributed by atoms with van der Waals surface area (Å²) >= 11 is 0. The highest BCUT2D eigenvalue weighted by molar-refractivity contribution is 5.84. The van der Waals surface area contributed by atoms with Gasteiger partial charge in [0.05, 0.1) is 6.21 Å². The van der Waals surface area contributed by atoms with Gasteiger partial charge in [0.1, 0.15) is 5.75 Å². The van der Waals surface area contributed by atoms with Crippen molar-refractivity contribution in [3.8, 4) is 5.75 Å². The Morgan fingerprint density at radius 3 is 2.43 bits per heavy atom. The zero-order chi connectivity index (χ0) is 20.8. The molecule has 2 aromatic heterocycles. The smallest absolute Gasteiger partial charge is 0.332 e. The summed E-state index contributed by atoms with van der Waals surface area (Å²) in [7, 11) is 4.64. The second-order valence-corrected chi connectivity index (χ2v) is 7.77. The lowest BCUT2D eigenvalue weighted by Gasteiger charge is -2.19. The molecular formula is C19H24N6O3. The van der Waals surface area contributed by atoms with Crippen LogP contribution in [0.5, 0.6) is 5.75 Å². The van der Waals surface area contributed by atoms with Gasteiger partial charge in [0, 0.05) is 26.7 Å². The summed E-state index contributed by atoms with van der Waals surface area (Å²) in [6, 6.07) is 5.38. The van der Waals surface area contributed by atoms with Crippen LogP contribution in [0, 0.1) is 0 Å². The van der Waals surface area contributed by atoms with Gasteiger partial charge in [0.25, 0.3) is 5.56 Å². The molecule has 0 fully saturated rings. The molecule has 9 heteroatoms. The van der Waals surface area contributed by atoms with Crippen molar-refractivity contribution in [3.63, 3.8) is 0 Å². The van der Waals surface area contributed by atoms with Gasteiger partial charge in [-0.25, -0.2) is 10.2 Å². The molecule has 0 radical (unpaired) electrons. The SMILES string of the molecule is Cn1c(=O)c2c(nc(NN=Cc3cc(C(C)(C)C)ccc3O)n2C)n(C)c1=O. The Hall–Kier alpha value is -3.36. The van der Waals surface area contributed by atoms with Crippen molar-refractivity contribution in [2.75, 3.05) is 5.43 Å². The topological polar surface area (TPSA) is 106 Å². The minimum atomic E-state index is -0.449. The first-order valence-electron chi connectivity index (χ1n) is 8.77. The van der Waals surface area contributed by atoms with Crippen LogP contribution in [0.3, 0.4) is 0 Å². The van der Waals surface area contributed by atoms with E-state index in [2.05, 4.69) is 36.3 Å². The number of hydrogen-bond donors (Lipinski definition) is 2. The minimum absolute atomic E-state index is 0.0635. The fourth-order valence-corrected chi connectivity index (χ4v) is 2.90. The molecule has 0 amide bonds. The van der Waals surface area contributed by atoms with Gasteiger partial charge < -0.3 is 9.67 Å². The van der Waals surface area contributed by atoms with Gasteiger partial charge in [-0.15, -0.1) is 0 Å². The maximum absolute atomic E-state index is 12.4. The molecule has 3 rings (SSSR count). The summed E-state index contributed by atoms with van der Waals surface area (Å²) < 4.78 is 3.89. The highest BCUT2D eigenvalue weighted by atomic mass is 16.3. The minimum Gasteiger partial charge on any atom is -0.507 e. The highest BCUT2D eigenvalue weighted by Crippen LogP contribution is 2.26.